The van der Waals surface area contributed by atoms with E-state index in [2.05, 4.69) is 6.92 Å². The standard InChI is InChI=1S/C23H48O4SSi/c1-5-9-10-11-12-13-14-15-16-17-18-20-23(24)28-21-19-22-29(25-6-2,26-7-3)27-8-4/h5-22H2,1-4H3. The fourth-order valence-corrected chi connectivity index (χ4v) is 7.16. The lowest BCUT2D eigenvalue weighted by Crippen LogP contribution is -2.46. The first-order valence-corrected chi connectivity index (χ1v) is 15.1. The van der Waals surface area contributed by atoms with Gasteiger partial charge in [0.05, 0.1) is 0 Å². The van der Waals surface area contributed by atoms with Crippen molar-refractivity contribution < 1.29 is 18.1 Å². The number of unbranched alkanes of at least 4 members (excludes halogenated alkanes) is 10. The Labute approximate surface area is 186 Å². The Morgan fingerprint density at radius 2 is 1.10 bits per heavy atom. The number of rotatable bonds is 22. The topological polar surface area (TPSA) is 44.8 Å². The molecule has 0 rings (SSSR count). The summed E-state index contributed by atoms with van der Waals surface area (Å²) in [4.78, 5) is 12.1. The zero-order chi connectivity index (χ0) is 21.6. The molecule has 0 N–H and O–H groups in total. The first-order chi connectivity index (χ1) is 14.1. The molecule has 0 aromatic rings. The number of carbonyl (C=O) groups excluding carboxylic acids is 1. The number of thioether (sulfide) groups is 1. The summed E-state index contributed by atoms with van der Waals surface area (Å²) in [5.41, 5.74) is 0. The van der Waals surface area contributed by atoms with Crippen molar-refractivity contribution in [3.05, 3.63) is 0 Å². The summed E-state index contributed by atoms with van der Waals surface area (Å²) in [6.45, 7) is 10.0. The van der Waals surface area contributed by atoms with Crippen molar-refractivity contribution in [2.45, 2.75) is 117 Å². The Bertz CT molecular complexity index is 352. The SMILES string of the molecule is CCCCCCCCCCCCCC(=O)SCCC[Si](OCC)(OCC)OCC. The fourth-order valence-electron chi connectivity index (χ4n) is 3.48. The second kappa shape index (κ2) is 21.4. The fraction of sp³-hybridized carbons (Fsp3) is 0.957. The summed E-state index contributed by atoms with van der Waals surface area (Å²) in [6.07, 6.45) is 16.1. The van der Waals surface area contributed by atoms with Gasteiger partial charge in [-0.05, 0) is 33.6 Å². The average molecular weight is 449 g/mol. The van der Waals surface area contributed by atoms with Crippen molar-refractivity contribution in [3.63, 3.8) is 0 Å². The first-order valence-electron chi connectivity index (χ1n) is 12.2. The molecule has 0 heterocycles. The second-order valence-corrected chi connectivity index (χ2v) is 11.5. The molecule has 0 fully saturated rings. The Kier molecular flexibility index (Phi) is 21.4. The normalized spacial score (nSPS) is 11.9. The summed E-state index contributed by atoms with van der Waals surface area (Å²) < 4.78 is 17.6. The van der Waals surface area contributed by atoms with E-state index in [4.69, 9.17) is 13.3 Å². The molecule has 29 heavy (non-hydrogen) atoms. The molecule has 4 nitrogen and oxygen atoms in total. The third kappa shape index (κ3) is 17.5. The van der Waals surface area contributed by atoms with Crippen molar-refractivity contribution in [2.75, 3.05) is 25.6 Å². The van der Waals surface area contributed by atoms with E-state index in [1.54, 1.807) is 0 Å². The third-order valence-electron chi connectivity index (χ3n) is 4.97. The van der Waals surface area contributed by atoms with Crippen LogP contribution < -0.4 is 0 Å². The van der Waals surface area contributed by atoms with Crippen LogP contribution in [0.3, 0.4) is 0 Å². The number of carbonyl (C=O) groups is 1. The molecule has 0 saturated heterocycles. The van der Waals surface area contributed by atoms with E-state index >= 15 is 0 Å². The van der Waals surface area contributed by atoms with Gasteiger partial charge in [0, 0.05) is 38.0 Å². The van der Waals surface area contributed by atoms with E-state index in [0.717, 1.165) is 24.6 Å². The zero-order valence-corrected chi connectivity index (χ0v) is 21.6. The molecule has 0 bridgehead atoms. The van der Waals surface area contributed by atoms with Gasteiger partial charge in [0.25, 0.3) is 0 Å². The van der Waals surface area contributed by atoms with Crippen LogP contribution in [0.25, 0.3) is 0 Å². The average Bonchev–Trinajstić information content (AvgIpc) is 2.70. The van der Waals surface area contributed by atoms with Crippen LogP contribution in [0.15, 0.2) is 0 Å². The highest BCUT2D eigenvalue weighted by molar-refractivity contribution is 8.13. The van der Waals surface area contributed by atoms with Crippen LogP contribution in [0, 0.1) is 0 Å². The van der Waals surface area contributed by atoms with Crippen LogP contribution in [0.5, 0.6) is 0 Å². The lowest BCUT2D eigenvalue weighted by atomic mass is 10.1. The summed E-state index contributed by atoms with van der Waals surface area (Å²) in [5.74, 6) is 0.832. The highest BCUT2D eigenvalue weighted by Gasteiger charge is 2.39. The molecule has 0 radical (unpaired) electrons. The van der Waals surface area contributed by atoms with Gasteiger partial charge in [-0.15, -0.1) is 0 Å². The Morgan fingerprint density at radius 1 is 0.655 bits per heavy atom. The molecule has 0 aromatic carbocycles. The van der Waals surface area contributed by atoms with Crippen molar-refractivity contribution in [1.82, 2.24) is 0 Å². The summed E-state index contributed by atoms with van der Waals surface area (Å²) >= 11 is 1.47. The van der Waals surface area contributed by atoms with Crippen molar-refractivity contribution in [3.8, 4) is 0 Å². The Hall–Kier alpha value is 0.117. The minimum atomic E-state index is -2.55. The lowest BCUT2D eigenvalue weighted by molar-refractivity contribution is -0.111. The molecule has 6 heteroatoms. The largest absolute Gasteiger partial charge is 0.500 e. The molecule has 0 saturated carbocycles. The van der Waals surface area contributed by atoms with Crippen LogP contribution in [-0.2, 0) is 18.1 Å². The Balaban J connectivity index is 3.66. The van der Waals surface area contributed by atoms with Crippen molar-refractivity contribution >= 4 is 25.7 Å². The first kappa shape index (κ1) is 29.1. The number of hydrogen-bond acceptors (Lipinski definition) is 5. The second-order valence-electron chi connectivity index (χ2n) is 7.59. The van der Waals surface area contributed by atoms with E-state index in [1.165, 1.54) is 76.0 Å². The minimum Gasteiger partial charge on any atom is -0.374 e. The predicted molar refractivity (Wildman–Crippen MR) is 129 cm³/mol. The van der Waals surface area contributed by atoms with Gasteiger partial charge in [0.15, 0.2) is 5.12 Å². The molecule has 0 atom stereocenters. The predicted octanol–water partition coefficient (Wildman–Crippen LogP) is 7.39. The molecule has 0 aliphatic heterocycles. The van der Waals surface area contributed by atoms with Gasteiger partial charge in [-0.25, -0.2) is 0 Å². The summed E-state index contributed by atoms with van der Waals surface area (Å²) in [6, 6.07) is 0.793. The highest BCUT2D eigenvalue weighted by atomic mass is 32.2. The highest BCUT2D eigenvalue weighted by Crippen LogP contribution is 2.21. The zero-order valence-electron chi connectivity index (χ0n) is 19.8. The quantitative estimate of drug-likeness (QED) is 0.128. The van der Waals surface area contributed by atoms with Crippen LogP contribution >= 0.6 is 11.8 Å². The van der Waals surface area contributed by atoms with Gasteiger partial charge in [0.2, 0.25) is 0 Å². The third-order valence-corrected chi connectivity index (χ3v) is 9.14. The van der Waals surface area contributed by atoms with Gasteiger partial charge in [-0.3, -0.25) is 4.79 Å². The maximum Gasteiger partial charge on any atom is 0.500 e. The van der Waals surface area contributed by atoms with Gasteiger partial charge >= 0.3 is 8.80 Å². The molecular formula is C23H48O4SSi. The minimum absolute atomic E-state index is 0.331. The van der Waals surface area contributed by atoms with E-state index in [-0.39, 0.29) is 0 Å². The molecule has 0 aromatic heterocycles. The summed E-state index contributed by atoms with van der Waals surface area (Å²) in [7, 11) is -2.55. The van der Waals surface area contributed by atoms with Crippen LogP contribution in [0.1, 0.15) is 111 Å². The number of hydrogen-bond donors (Lipinski definition) is 0. The Morgan fingerprint density at radius 3 is 1.55 bits per heavy atom. The van der Waals surface area contributed by atoms with E-state index in [1.807, 2.05) is 20.8 Å². The maximum atomic E-state index is 12.1. The van der Waals surface area contributed by atoms with Gasteiger partial charge < -0.3 is 13.3 Å². The van der Waals surface area contributed by atoms with Crippen LogP contribution in [0.4, 0.5) is 0 Å². The van der Waals surface area contributed by atoms with E-state index in [0.29, 0.717) is 31.4 Å². The van der Waals surface area contributed by atoms with Gasteiger partial charge in [0.1, 0.15) is 0 Å². The van der Waals surface area contributed by atoms with Gasteiger partial charge in [-0.1, -0.05) is 82.9 Å². The molecule has 0 aliphatic rings. The van der Waals surface area contributed by atoms with Crippen molar-refractivity contribution in [1.29, 1.82) is 0 Å². The van der Waals surface area contributed by atoms with Crippen LogP contribution in [-0.4, -0.2) is 39.5 Å². The molecular weight excluding hydrogens is 400 g/mol. The molecule has 0 amide bonds. The lowest BCUT2D eigenvalue weighted by Gasteiger charge is -2.28. The van der Waals surface area contributed by atoms with Crippen LogP contribution in [0.2, 0.25) is 6.04 Å². The van der Waals surface area contributed by atoms with Crippen molar-refractivity contribution in [2.24, 2.45) is 0 Å². The molecule has 0 unspecified atom stereocenters. The molecule has 174 valence electrons. The summed E-state index contributed by atoms with van der Waals surface area (Å²) in [5, 5.41) is 0.331. The van der Waals surface area contributed by atoms with E-state index in [9.17, 15) is 4.79 Å². The van der Waals surface area contributed by atoms with Gasteiger partial charge in [-0.2, -0.15) is 0 Å². The smallest absolute Gasteiger partial charge is 0.374 e. The maximum absolute atomic E-state index is 12.1. The molecule has 0 aliphatic carbocycles. The molecule has 0 spiro atoms. The van der Waals surface area contributed by atoms with E-state index < -0.39 is 8.80 Å². The monoisotopic (exact) mass is 448 g/mol.